The summed E-state index contributed by atoms with van der Waals surface area (Å²) in [7, 11) is 1.62. The molecule has 0 aliphatic rings. The Kier molecular flexibility index (Phi) is 3.52. The van der Waals surface area contributed by atoms with Crippen LogP contribution >= 0.6 is 11.3 Å². The molecule has 0 saturated carbocycles. The van der Waals surface area contributed by atoms with Crippen molar-refractivity contribution < 1.29 is 4.74 Å². The van der Waals surface area contributed by atoms with Crippen LogP contribution in [-0.4, -0.2) is 17.1 Å². The van der Waals surface area contributed by atoms with Crippen molar-refractivity contribution in [1.82, 2.24) is 9.97 Å². The van der Waals surface area contributed by atoms with Gasteiger partial charge in [-0.15, -0.1) is 11.3 Å². The Balaban J connectivity index is 1.75. The van der Waals surface area contributed by atoms with Crippen molar-refractivity contribution in [2.45, 2.75) is 13.5 Å². The van der Waals surface area contributed by atoms with Crippen molar-refractivity contribution >= 4 is 27.2 Å². The topological polar surface area (TPSA) is 47.0 Å². The molecule has 102 valence electrons. The average molecular weight is 285 g/mol. The van der Waals surface area contributed by atoms with E-state index < -0.39 is 0 Å². The molecule has 0 bridgehead atoms. The summed E-state index contributed by atoms with van der Waals surface area (Å²) in [5.41, 5.74) is 3.08. The number of rotatable bonds is 4. The fourth-order valence-electron chi connectivity index (χ4n) is 2.01. The molecular formula is C15H15N3OS. The number of thiazole rings is 1. The van der Waals surface area contributed by atoms with Crippen LogP contribution in [0.1, 0.15) is 10.7 Å². The van der Waals surface area contributed by atoms with Crippen molar-refractivity contribution in [3.05, 3.63) is 47.1 Å². The molecule has 0 atom stereocenters. The van der Waals surface area contributed by atoms with E-state index in [1.165, 1.54) is 4.70 Å². The lowest BCUT2D eigenvalue weighted by atomic mass is 10.3. The van der Waals surface area contributed by atoms with Crippen LogP contribution in [0.25, 0.3) is 10.2 Å². The van der Waals surface area contributed by atoms with E-state index in [4.69, 9.17) is 4.74 Å². The minimum Gasteiger partial charge on any atom is -0.481 e. The Hall–Kier alpha value is -2.14. The maximum atomic E-state index is 5.12. The summed E-state index contributed by atoms with van der Waals surface area (Å²) >= 11 is 1.71. The molecule has 0 spiro atoms. The van der Waals surface area contributed by atoms with E-state index in [1.807, 2.05) is 37.3 Å². The summed E-state index contributed by atoms with van der Waals surface area (Å²) in [6, 6.07) is 12.0. The molecule has 0 unspecified atom stereocenters. The zero-order valence-corrected chi connectivity index (χ0v) is 12.2. The Bertz CT molecular complexity index is 739. The second kappa shape index (κ2) is 5.46. The molecule has 1 N–H and O–H groups in total. The maximum absolute atomic E-state index is 5.12. The number of aryl methyl sites for hydroxylation is 1. The monoisotopic (exact) mass is 285 g/mol. The lowest BCUT2D eigenvalue weighted by Gasteiger charge is -2.07. The molecule has 2 aromatic heterocycles. The molecule has 2 heterocycles. The minimum atomic E-state index is 0.637. The molecule has 0 aliphatic heterocycles. The van der Waals surface area contributed by atoms with E-state index in [2.05, 4.69) is 21.4 Å². The normalized spacial score (nSPS) is 10.7. The van der Waals surface area contributed by atoms with Gasteiger partial charge in [0.15, 0.2) is 0 Å². The number of hydrogen-bond acceptors (Lipinski definition) is 5. The number of hydrogen-bond donors (Lipinski definition) is 1. The smallest absolute Gasteiger partial charge is 0.213 e. The van der Waals surface area contributed by atoms with E-state index in [-0.39, 0.29) is 0 Å². The fraction of sp³-hybridized carbons (Fsp3) is 0.200. The summed E-state index contributed by atoms with van der Waals surface area (Å²) in [5.74, 6) is 0.637. The fourth-order valence-corrected chi connectivity index (χ4v) is 2.88. The van der Waals surface area contributed by atoms with Crippen molar-refractivity contribution in [1.29, 1.82) is 0 Å². The highest BCUT2D eigenvalue weighted by Gasteiger charge is 2.02. The molecule has 0 fully saturated rings. The molecule has 3 rings (SSSR count). The standard InChI is InChI=1S/C15H15N3OS/c1-10-17-13-7-6-11(8-14(13)20-10)16-9-12-4-3-5-15(18-12)19-2/h3-8,16H,9H2,1-2H3. The Morgan fingerprint density at radius 3 is 2.95 bits per heavy atom. The predicted molar refractivity (Wildman–Crippen MR) is 82.5 cm³/mol. The molecule has 1 aromatic carbocycles. The van der Waals surface area contributed by atoms with Gasteiger partial charge in [0.2, 0.25) is 5.88 Å². The van der Waals surface area contributed by atoms with Crippen molar-refractivity contribution in [2.24, 2.45) is 0 Å². The highest BCUT2D eigenvalue weighted by molar-refractivity contribution is 7.18. The molecule has 0 radical (unpaired) electrons. The molecule has 0 amide bonds. The van der Waals surface area contributed by atoms with Gasteiger partial charge in [-0.2, -0.15) is 0 Å². The number of fused-ring (bicyclic) bond motifs is 1. The van der Waals surface area contributed by atoms with Gasteiger partial charge in [-0.05, 0) is 31.2 Å². The van der Waals surface area contributed by atoms with E-state index >= 15 is 0 Å². The van der Waals surface area contributed by atoms with Crippen LogP contribution in [0.3, 0.4) is 0 Å². The minimum absolute atomic E-state index is 0.637. The Morgan fingerprint density at radius 1 is 1.20 bits per heavy atom. The number of nitrogens with one attached hydrogen (secondary N) is 1. The highest BCUT2D eigenvalue weighted by atomic mass is 32.1. The summed E-state index contributed by atoms with van der Waals surface area (Å²) in [6.07, 6.45) is 0. The van der Waals surface area contributed by atoms with Gasteiger partial charge in [-0.1, -0.05) is 6.07 Å². The van der Waals surface area contributed by atoms with E-state index in [9.17, 15) is 0 Å². The van der Waals surface area contributed by atoms with Crippen LogP contribution in [0.15, 0.2) is 36.4 Å². The molecular weight excluding hydrogens is 270 g/mol. The van der Waals surface area contributed by atoms with Crippen LogP contribution in [0, 0.1) is 6.92 Å². The van der Waals surface area contributed by atoms with Gasteiger partial charge in [0.05, 0.1) is 34.6 Å². The summed E-state index contributed by atoms with van der Waals surface area (Å²) in [4.78, 5) is 8.84. The molecule has 5 heteroatoms. The van der Waals surface area contributed by atoms with E-state index in [1.54, 1.807) is 18.4 Å². The Morgan fingerprint density at radius 2 is 2.10 bits per heavy atom. The second-order valence-corrected chi connectivity index (χ2v) is 5.67. The van der Waals surface area contributed by atoms with E-state index in [0.29, 0.717) is 12.4 Å². The number of nitrogens with zero attached hydrogens (tertiary/aromatic N) is 2. The third-order valence-electron chi connectivity index (χ3n) is 2.96. The van der Waals surface area contributed by atoms with Crippen LogP contribution in [-0.2, 0) is 6.54 Å². The number of anilines is 1. The first kappa shape index (κ1) is 12.9. The van der Waals surface area contributed by atoms with Gasteiger partial charge in [-0.25, -0.2) is 9.97 Å². The first-order valence-corrected chi connectivity index (χ1v) is 7.17. The maximum Gasteiger partial charge on any atom is 0.213 e. The lowest BCUT2D eigenvalue weighted by Crippen LogP contribution is -2.02. The zero-order chi connectivity index (χ0) is 13.9. The quantitative estimate of drug-likeness (QED) is 0.795. The highest BCUT2D eigenvalue weighted by Crippen LogP contribution is 2.25. The third-order valence-corrected chi connectivity index (χ3v) is 3.89. The SMILES string of the molecule is COc1cccc(CNc2ccc3nc(C)sc3c2)n1. The number of aromatic nitrogens is 2. The number of methoxy groups -OCH3 is 1. The number of pyridine rings is 1. The summed E-state index contributed by atoms with van der Waals surface area (Å²) < 4.78 is 6.32. The molecule has 0 saturated heterocycles. The Labute approximate surface area is 121 Å². The first-order valence-electron chi connectivity index (χ1n) is 6.35. The molecule has 20 heavy (non-hydrogen) atoms. The van der Waals surface area contributed by atoms with E-state index in [0.717, 1.165) is 21.9 Å². The third kappa shape index (κ3) is 2.72. The summed E-state index contributed by atoms with van der Waals surface area (Å²) in [5, 5.41) is 4.46. The second-order valence-electron chi connectivity index (χ2n) is 4.44. The van der Waals surface area contributed by atoms with Crippen molar-refractivity contribution in [2.75, 3.05) is 12.4 Å². The number of ether oxygens (including phenoxy) is 1. The largest absolute Gasteiger partial charge is 0.481 e. The van der Waals surface area contributed by atoms with Crippen LogP contribution in [0.4, 0.5) is 5.69 Å². The van der Waals surface area contributed by atoms with Crippen molar-refractivity contribution in [3.8, 4) is 5.88 Å². The van der Waals surface area contributed by atoms with Crippen LogP contribution in [0.2, 0.25) is 0 Å². The van der Waals surface area contributed by atoms with Crippen LogP contribution < -0.4 is 10.1 Å². The van der Waals surface area contributed by atoms with Gasteiger partial charge >= 0.3 is 0 Å². The van der Waals surface area contributed by atoms with Gasteiger partial charge in [-0.3, -0.25) is 0 Å². The molecule has 4 nitrogen and oxygen atoms in total. The van der Waals surface area contributed by atoms with Crippen LogP contribution in [0.5, 0.6) is 5.88 Å². The lowest BCUT2D eigenvalue weighted by molar-refractivity contribution is 0.396. The first-order chi connectivity index (χ1) is 9.74. The average Bonchev–Trinajstić information content (AvgIpc) is 2.84. The molecule has 0 aliphatic carbocycles. The van der Waals surface area contributed by atoms with Gasteiger partial charge in [0.1, 0.15) is 0 Å². The van der Waals surface area contributed by atoms with Gasteiger partial charge < -0.3 is 10.1 Å². The van der Waals surface area contributed by atoms with Gasteiger partial charge in [0, 0.05) is 11.8 Å². The van der Waals surface area contributed by atoms with Crippen molar-refractivity contribution in [3.63, 3.8) is 0 Å². The predicted octanol–water partition coefficient (Wildman–Crippen LogP) is 3.62. The number of benzene rings is 1. The molecule has 3 aromatic rings. The zero-order valence-electron chi connectivity index (χ0n) is 11.4. The summed E-state index contributed by atoms with van der Waals surface area (Å²) in [6.45, 7) is 2.69. The van der Waals surface area contributed by atoms with Gasteiger partial charge in [0.25, 0.3) is 0 Å².